The molecule has 0 radical (unpaired) electrons. The molecule has 1 aromatic carbocycles. The molecule has 1 aliphatic heterocycles. The molecule has 34 heavy (non-hydrogen) atoms. The Bertz CT molecular complexity index is 1100. The summed E-state index contributed by atoms with van der Waals surface area (Å²) in [4.78, 5) is 45.2. The highest BCUT2D eigenvalue weighted by atomic mass is 16.3. The van der Waals surface area contributed by atoms with Crippen molar-refractivity contribution in [1.29, 1.82) is 0 Å². The minimum Gasteiger partial charge on any atom is -0.467 e. The number of rotatable bonds is 7. The molecule has 1 fully saturated rings. The van der Waals surface area contributed by atoms with Crippen LogP contribution in [0, 0.1) is 5.92 Å². The van der Waals surface area contributed by atoms with E-state index in [-0.39, 0.29) is 30.3 Å². The van der Waals surface area contributed by atoms with E-state index in [0.29, 0.717) is 37.6 Å². The number of hydrogen-bond donors (Lipinski definition) is 3. The van der Waals surface area contributed by atoms with Crippen molar-refractivity contribution >= 4 is 28.7 Å². The summed E-state index contributed by atoms with van der Waals surface area (Å²) in [5.74, 6) is 0.293. The van der Waals surface area contributed by atoms with Crippen LogP contribution in [-0.2, 0) is 11.3 Å². The number of nitrogens with one attached hydrogen (secondary N) is 3. The molecule has 1 saturated heterocycles. The number of aromatic nitrogens is 1. The quantitative estimate of drug-likeness (QED) is 0.498. The van der Waals surface area contributed by atoms with Crippen molar-refractivity contribution in [3.05, 3.63) is 60.2 Å². The van der Waals surface area contributed by atoms with Crippen molar-refractivity contribution in [3.63, 3.8) is 0 Å². The summed E-state index contributed by atoms with van der Waals surface area (Å²) in [7, 11) is 0. The standard InChI is InChI=1S/C25H31N5O4/c1-3-17(2)22(23(31)26-16-19-8-6-14-34-19)28-25(33)30-12-10-29(11-13-30)24(32)21-15-18-7-4-5-9-20(18)27-21/h4-9,14-15,17,22,27H,3,10-13,16H2,1-2H3,(H,26,31)(H,28,33)/t17?,22-/m0/s1. The number of nitrogens with zero attached hydrogens (tertiary/aromatic N) is 2. The van der Waals surface area contributed by atoms with E-state index in [1.54, 1.807) is 28.2 Å². The molecular formula is C25H31N5O4. The molecule has 3 N–H and O–H groups in total. The number of furan rings is 1. The largest absolute Gasteiger partial charge is 0.467 e. The van der Waals surface area contributed by atoms with Gasteiger partial charge in [0.2, 0.25) is 5.91 Å². The number of aromatic amines is 1. The molecule has 2 aromatic heterocycles. The number of fused-ring (bicyclic) bond motifs is 1. The maximum absolute atomic E-state index is 12.9. The summed E-state index contributed by atoms with van der Waals surface area (Å²) in [6, 6.07) is 12.2. The van der Waals surface area contributed by atoms with Gasteiger partial charge in [0.25, 0.3) is 5.91 Å². The van der Waals surface area contributed by atoms with Gasteiger partial charge in [0.05, 0.1) is 12.8 Å². The fourth-order valence-electron chi connectivity index (χ4n) is 4.10. The van der Waals surface area contributed by atoms with Gasteiger partial charge < -0.3 is 29.8 Å². The molecule has 1 aliphatic rings. The monoisotopic (exact) mass is 465 g/mol. The number of amides is 4. The number of piperazine rings is 1. The molecular weight excluding hydrogens is 434 g/mol. The molecule has 0 spiro atoms. The Morgan fingerprint density at radius 3 is 2.47 bits per heavy atom. The molecule has 9 nitrogen and oxygen atoms in total. The predicted molar refractivity (Wildman–Crippen MR) is 128 cm³/mol. The summed E-state index contributed by atoms with van der Waals surface area (Å²) in [5.41, 5.74) is 1.47. The van der Waals surface area contributed by atoms with Crippen LogP contribution in [0.5, 0.6) is 0 Å². The number of urea groups is 1. The Balaban J connectivity index is 1.31. The zero-order chi connectivity index (χ0) is 24.1. The molecule has 3 heterocycles. The van der Waals surface area contributed by atoms with Crippen LogP contribution in [0.1, 0.15) is 36.5 Å². The Kier molecular flexibility index (Phi) is 7.20. The molecule has 1 unspecified atom stereocenters. The summed E-state index contributed by atoms with van der Waals surface area (Å²) in [5, 5.41) is 6.72. The number of carbonyl (C=O) groups excluding carboxylic acids is 3. The van der Waals surface area contributed by atoms with Crippen LogP contribution in [-0.4, -0.2) is 64.9 Å². The molecule has 9 heteroatoms. The van der Waals surface area contributed by atoms with Gasteiger partial charge in [-0.1, -0.05) is 38.5 Å². The van der Waals surface area contributed by atoms with Gasteiger partial charge in [0.1, 0.15) is 17.5 Å². The molecule has 0 saturated carbocycles. The third kappa shape index (κ3) is 5.24. The van der Waals surface area contributed by atoms with Crippen molar-refractivity contribution in [2.24, 2.45) is 5.92 Å². The number of carbonyl (C=O) groups is 3. The van der Waals surface area contributed by atoms with Gasteiger partial charge in [0.15, 0.2) is 0 Å². The average Bonchev–Trinajstić information content (AvgIpc) is 3.54. The minimum atomic E-state index is -0.654. The first-order valence-electron chi connectivity index (χ1n) is 11.7. The van der Waals surface area contributed by atoms with Gasteiger partial charge in [-0.05, 0) is 30.2 Å². The van der Waals surface area contributed by atoms with Gasteiger partial charge in [-0.15, -0.1) is 0 Å². The Hall–Kier alpha value is -3.75. The first-order chi connectivity index (χ1) is 16.5. The van der Waals surface area contributed by atoms with Crippen LogP contribution in [0.2, 0.25) is 0 Å². The summed E-state index contributed by atoms with van der Waals surface area (Å²) in [6.07, 6.45) is 2.30. The van der Waals surface area contributed by atoms with Gasteiger partial charge in [0, 0.05) is 37.1 Å². The van der Waals surface area contributed by atoms with Crippen LogP contribution in [0.3, 0.4) is 0 Å². The highest BCUT2D eigenvalue weighted by Crippen LogP contribution is 2.17. The van der Waals surface area contributed by atoms with Gasteiger partial charge in [-0.3, -0.25) is 9.59 Å². The second-order valence-corrected chi connectivity index (χ2v) is 8.66. The zero-order valence-electron chi connectivity index (χ0n) is 19.5. The molecule has 4 amide bonds. The number of benzene rings is 1. The first-order valence-corrected chi connectivity index (χ1v) is 11.7. The first kappa shape index (κ1) is 23.4. The highest BCUT2D eigenvalue weighted by Gasteiger charge is 2.30. The molecule has 2 atom stereocenters. The number of para-hydroxylation sites is 1. The lowest BCUT2D eigenvalue weighted by atomic mass is 9.98. The van der Waals surface area contributed by atoms with Crippen molar-refractivity contribution in [2.45, 2.75) is 32.9 Å². The average molecular weight is 466 g/mol. The van der Waals surface area contributed by atoms with Crippen molar-refractivity contribution in [3.8, 4) is 0 Å². The Morgan fingerprint density at radius 1 is 1.06 bits per heavy atom. The van der Waals surface area contributed by atoms with Crippen molar-refractivity contribution < 1.29 is 18.8 Å². The molecule has 3 aromatic rings. The van der Waals surface area contributed by atoms with E-state index < -0.39 is 6.04 Å². The minimum absolute atomic E-state index is 0.0366. The molecule has 4 rings (SSSR count). The van der Waals surface area contributed by atoms with E-state index in [1.165, 1.54) is 0 Å². The number of hydrogen-bond acceptors (Lipinski definition) is 4. The van der Waals surface area contributed by atoms with E-state index >= 15 is 0 Å². The second-order valence-electron chi connectivity index (χ2n) is 8.66. The van der Waals surface area contributed by atoms with E-state index in [0.717, 1.165) is 17.3 Å². The maximum atomic E-state index is 12.9. The maximum Gasteiger partial charge on any atom is 0.318 e. The van der Waals surface area contributed by atoms with E-state index in [9.17, 15) is 14.4 Å². The molecule has 0 bridgehead atoms. The van der Waals surface area contributed by atoms with Crippen LogP contribution in [0.15, 0.2) is 53.1 Å². The lowest BCUT2D eigenvalue weighted by Crippen LogP contribution is -2.57. The van der Waals surface area contributed by atoms with Crippen LogP contribution < -0.4 is 10.6 Å². The molecule has 0 aliphatic carbocycles. The smallest absolute Gasteiger partial charge is 0.318 e. The van der Waals surface area contributed by atoms with Crippen LogP contribution >= 0.6 is 0 Å². The third-order valence-corrected chi connectivity index (χ3v) is 6.41. The van der Waals surface area contributed by atoms with Crippen molar-refractivity contribution in [1.82, 2.24) is 25.4 Å². The predicted octanol–water partition coefficient (Wildman–Crippen LogP) is 2.96. The Morgan fingerprint density at radius 2 is 1.79 bits per heavy atom. The summed E-state index contributed by atoms with van der Waals surface area (Å²) < 4.78 is 5.26. The van der Waals surface area contributed by atoms with Crippen molar-refractivity contribution in [2.75, 3.05) is 26.2 Å². The lowest BCUT2D eigenvalue weighted by molar-refractivity contribution is -0.124. The van der Waals surface area contributed by atoms with E-state index in [1.807, 2.05) is 44.2 Å². The zero-order valence-corrected chi connectivity index (χ0v) is 19.5. The fourth-order valence-corrected chi connectivity index (χ4v) is 4.10. The van der Waals surface area contributed by atoms with Gasteiger partial charge >= 0.3 is 6.03 Å². The SMILES string of the molecule is CCC(C)[C@H](NC(=O)N1CCN(C(=O)c2cc3ccccc3[nH]2)CC1)C(=O)NCc1ccco1. The van der Waals surface area contributed by atoms with Crippen LogP contribution in [0.25, 0.3) is 10.9 Å². The van der Waals surface area contributed by atoms with E-state index in [4.69, 9.17) is 4.42 Å². The van der Waals surface area contributed by atoms with Gasteiger partial charge in [-0.2, -0.15) is 0 Å². The third-order valence-electron chi connectivity index (χ3n) is 6.41. The summed E-state index contributed by atoms with van der Waals surface area (Å²) >= 11 is 0. The molecule has 180 valence electrons. The lowest BCUT2D eigenvalue weighted by Gasteiger charge is -2.35. The van der Waals surface area contributed by atoms with Gasteiger partial charge in [-0.25, -0.2) is 4.79 Å². The summed E-state index contributed by atoms with van der Waals surface area (Å²) in [6.45, 7) is 5.86. The van der Waals surface area contributed by atoms with Crippen LogP contribution in [0.4, 0.5) is 4.79 Å². The Labute approximate surface area is 198 Å². The number of H-pyrrole nitrogens is 1. The normalized spacial score (nSPS) is 15.7. The van der Waals surface area contributed by atoms with E-state index in [2.05, 4.69) is 15.6 Å². The fraction of sp³-hybridized carbons (Fsp3) is 0.400. The highest BCUT2D eigenvalue weighted by molar-refractivity contribution is 5.98. The topological polar surface area (TPSA) is 111 Å². The second kappa shape index (κ2) is 10.5.